The summed E-state index contributed by atoms with van der Waals surface area (Å²) in [6.07, 6.45) is 7.36. The van der Waals surface area contributed by atoms with Crippen molar-refractivity contribution < 1.29 is 14.5 Å². The second-order valence-electron chi connectivity index (χ2n) is 10.5. The number of benzene rings is 2. The summed E-state index contributed by atoms with van der Waals surface area (Å²) in [5.74, 6) is -0.475. The topological polar surface area (TPSA) is 116 Å². The summed E-state index contributed by atoms with van der Waals surface area (Å²) < 4.78 is 3.73. The second-order valence-corrected chi connectivity index (χ2v) is 10.5. The van der Waals surface area contributed by atoms with Crippen LogP contribution >= 0.6 is 0 Å². The van der Waals surface area contributed by atoms with Gasteiger partial charge >= 0.3 is 0 Å². The minimum absolute atomic E-state index is 0.0300. The fourth-order valence-corrected chi connectivity index (χ4v) is 6.22. The van der Waals surface area contributed by atoms with E-state index in [2.05, 4.69) is 0 Å². The summed E-state index contributed by atoms with van der Waals surface area (Å²) in [5, 5.41) is 13.0. The van der Waals surface area contributed by atoms with Gasteiger partial charge in [0.15, 0.2) is 0 Å². The minimum atomic E-state index is -0.437. The third-order valence-corrected chi connectivity index (χ3v) is 8.05. The molecule has 2 aliphatic rings. The number of hydrogen-bond donors (Lipinski definition) is 1. The third-order valence-electron chi connectivity index (χ3n) is 8.05. The number of carbonyl (C=O) groups excluding carboxylic acids is 2. The second kappa shape index (κ2) is 8.95. The fraction of sp³-hybridized carbons (Fsp3) is 0.310. The molecule has 2 N–H and O–H groups in total. The average molecular weight is 512 g/mol. The van der Waals surface area contributed by atoms with E-state index in [1.807, 2.05) is 42.1 Å². The van der Waals surface area contributed by atoms with Crippen LogP contribution in [-0.2, 0) is 23.7 Å². The van der Waals surface area contributed by atoms with E-state index in [9.17, 15) is 19.7 Å². The number of fused-ring (bicyclic) bond motifs is 2. The highest BCUT2D eigenvalue weighted by molar-refractivity contribution is 6.50. The highest BCUT2D eigenvalue weighted by Crippen LogP contribution is 2.42. The Morgan fingerprint density at radius 3 is 2.21 bits per heavy atom. The van der Waals surface area contributed by atoms with Gasteiger partial charge in [0.25, 0.3) is 17.5 Å². The first-order chi connectivity index (χ1) is 18.2. The maximum atomic E-state index is 14.1. The highest BCUT2D eigenvalue weighted by Gasteiger charge is 2.42. The van der Waals surface area contributed by atoms with Crippen LogP contribution in [0.5, 0.6) is 0 Å². The van der Waals surface area contributed by atoms with Gasteiger partial charge in [-0.15, -0.1) is 0 Å². The maximum absolute atomic E-state index is 14.1. The van der Waals surface area contributed by atoms with E-state index in [-0.39, 0.29) is 29.5 Å². The van der Waals surface area contributed by atoms with Crippen LogP contribution in [-0.4, -0.2) is 43.4 Å². The SMILES string of the molecule is Cn1cc(C2=C(c3cn(C)c4cc([N+](=O)[O-])ccc34)C(=O)N(CC3CCCC(N)C3)C2=O)c2ccccc21. The molecule has 1 saturated carbocycles. The predicted octanol–water partition coefficient (Wildman–Crippen LogP) is 4.38. The first-order valence-electron chi connectivity index (χ1n) is 12.9. The molecule has 38 heavy (non-hydrogen) atoms. The van der Waals surface area contributed by atoms with E-state index in [0.717, 1.165) is 36.6 Å². The maximum Gasteiger partial charge on any atom is 0.271 e. The molecule has 2 atom stereocenters. The minimum Gasteiger partial charge on any atom is -0.350 e. The molecular weight excluding hydrogens is 482 g/mol. The largest absolute Gasteiger partial charge is 0.350 e. The molecule has 2 aromatic heterocycles. The van der Waals surface area contributed by atoms with Crippen molar-refractivity contribution in [1.29, 1.82) is 0 Å². The van der Waals surface area contributed by atoms with Crippen molar-refractivity contribution in [2.75, 3.05) is 6.54 Å². The van der Waals surface area contributed by atoms with Gasteiger partial charge in [-0.1, -0.05) is 24.6 Å². The summed E-state index contributed by atoms with van der Waals surface area (Å²) in [6, 6.07) is 12.5. The summed E-state index contributed by atoms with van der Waals surface area (Å²) in [6.45, 7) is 0.333. The summed E-state index contributed by atoms with van der Waals surface area (Å²) in [4.78, 5) is 40.6. The molecule has 3 heterocycles. The number of imide groups is 1. The number of amides is 2. The van der Waals surface area contributed by atoms with Crippen LogP contribution in [0.15, 0.2) is 54.9 Å². The van der Waals surface area contributed by atoms with Crippen molar-refractivity contribution in [1.82, 2.24) is 14.0 Å². The van der Waals surface area contributed by atoms with E-state index in [1.165, 1.54) is 17.0 Å². The van der Waals surface area contributed by atoms with E-state index in [0.29, 0.717) is 39.7 Å². The van der Waals surface area contributed by atoms with E-state index in [4.69, 9.17) is 5.73 Å². The van der Waals surface area contributed by atoms with Crippen molar-refractivity contribution in [3.63, 3.8) is 0 Å². The van der Waals surface area contributed by atoms with Gasteiger partial charge in [-0.05, 0) is 37.3 Å². The highest BCUT2D eigenvalue weighted by atomic mass is 16.6. The van der Waals surface area contributed by atoms with Crippen molar-refractivity contribution in [2.45, 2.75) is 31.7 Å². The van der Waals surface area contributed by atoms with Gasteiger partial charge in [0, 0.05) is 78.6 Å². The number of nitro groups is 1. The lowest BCUT2D eigenvalue weighted by atomic mass is 9.86. The number of nitrogens with two attached hydrogens (primary N) is 1. The van der Waals surface area contributed by atoms with E-state index >= 15 is 0 Å². The zero-order chi connectivity index (χ0) is 26.7. The molecule has 2 unspecified atom stereocenters. The Bertz CT molecular complexity index is 1680. The van der Waals surface area contributed by atoms with Gasteiger partial charge in [0.1, 0.15) is 0 Å². The molecule has 1 aliphatic carbocycles. The van der Waals surface area contributed by atoms with E-state index < -0.39 is 4.92 Å². The number of aromatic nitrogens is 2. The smallest absolute Gasteiger partial charge is 0.271 e. The number of hydrogen-bond acceptors (Lipinski definition) is 5. The molecule has 6 rings (SSSR count). The Balaban J connectivity index is 1.55. The molecule has 9 heteroatoms. The molecule has 2 aromatic carbocycles. The Kier molecular flexibility index (Phi) is 5.68. The zero-order valence-corrected chi connectivity index (χ0v) is 21.4. The molecule has 0 saturated heterocycles. The van der Waals surface area contributed by atoms with Gasteiger partial charge in [-0.25, -0.2) is 0 Å². The standard InChI is InChI=1S/C29H29N5O4/c1-31-15-22(20-8-3-4-9-24(20)31)26-27(23-16-32(2)25-13-19(34(37)38)10-11-21(23)25)29(36)33(28(26)35)14-17-6-5-7-18(30)12-17/h3-4,8-11,13,15-18H,5-7,12,14,30H2,1-2H3. The molecule has 1 aliphatic heterocycles. The Labute approximate surface area is 219 Å². The lowest BCUT2D eigenvalue weighted by Crippen LogP contribution is -2.39. The molecule has 194 valence electrons. The first-order valence-corrected chi connectivity index (χ1v) is 12.9. The molecule has 0 spiro atoms. The fourth-order valence-electron chi connectivity index (χ4n) is 6.22. The average Bonchev–Trinajstić information content (AvgIpc) is 3.48. The number of aryl methyl sites for hydroxylation is 2. The number of non-ortho nitro benzene ring substituents is 1. The summed E-state index contributed by atoms with van der Waals surface area (Å²) in [7, 11) is 3.71. The normalized spacial score (nSPS) is 20.3. The molecule has 4 aromatic rings. The van der Waals surface area contributed by atoms with Crippen molar-refractivity contribution >= 4 is 50.5 Å². The van der Waals surface area contributed by atoms with Gasteiger partial charge in [0.2, 0.25) is 0 Å². The van der Waals surface area contributed by atoms with Gasteiger partial charge in [-0.3, -0.25) is 24.6 Å². The van der Waals surface area contributed by atoms with Crippen LogP contribution in [0, 0.1) is 16.0 Å². The Morgan fingerprint density at radius 2 is 1.55 bits per heavy atom. The Morgan fingerprint density at radius 1 is 0.921 bits per heavy atom. The molecule has 0 radical (unpaired) electrons. The van der Waals surface area contributed by atoms with Crippen LogP contribution in [0.4, 0.5) is 5.69 Å². The lowest BCUT2D eigenvalue weighted by Gasteiger charge is -2.29. The first kappa shape index (κ1) is 24.1. The molecule has 1 fully saturated rings. The molecule has 2 amide bonds. The van der Waals surface area contributed by atoms with Gasteiger partial charge in [0.05, 0.1) is 21.6 Å². The molecule has 9 nitrogen and oxygen atoms in total. The zero-order valence-electron chi connectivity index (χ0n) is 21.4. The Hall–Kier alpha value is -4.24. The van der Waals surface area contributed by atoms with Crippen LogP contribution in [0.1, 0.15) is 36.8 Å². The lowest BCUT2D eigenvalue weighted by molar-refractivity contribution is -0.384. The number of carbonyl (C=O) groups is 2. The van der Waals surface area contributed by atoms with Crippen molar-refractivity contribution in [3.8, 4) is 0 Å². The van der Waals surface area contributed by atoms with Gasteiger partial charge < -0.3 is 14.9 Å². The van der Waals surface area contributed by atoms with Crippen molar-refractivity contribution in [2.24, 2.45) is 25.7 Å². The molecule has 0 bridgehead atoms. The number of rotatable bonds is 5. The van der Waals surface area contributed by atoms with Crippen LogP contribution in [0.2, 0.25) is 0 Å². The van der Waals surface area contributed by atoms with Gasteiger partial charge in [-0.2, -0.15) is 0 Å². The number of nitrogens with zero attached hydrogens (tertiary/aromatic N) is 4. The monoisotopic (exact) mass is 511 g/mol. The number of para-hydroxylation sites is 1. The summed E-state index contributed by atoms with van der Waals surface area (Å²) in [5.41, 5.74) is 9.78. The van der Waals surface area contributed by atoms with Crippen LogP contribution < -0.4 is 5.73 Å². The van der Waals surface area contributed by atoms with Crippen molar-refractivity contribution in [3.05, 3.63) is 76.1 Å². The van der Waals surface area contributed by atoms with Crippen LogP contribution in [0.3, 0.4) is 0 Å². The quantitative estimate of drug-likeness (QED) is 0.243. The van der Waals surface area contributed by atoms with Crippen LogP contribution in [0.25, 0.3) is 33.0 Å². The third kappa shape index (κ3) is 3.73. The van der Waals surface area contributed by atoms with E-state index in [1.54, 1.807) is 23.9 Å². The molecular formula is C29H29N5O4. The number of nitro benzene ring substituents is 1. The predicted molar refractivity (Wildman–Crippen MR) is 146 cm³/mol. The summed E-state index contributed by atoms with van der Waals surface area (Å²) >= 11 is 0.